The summed E-state index contributed by atoms with van der Waals surface area (Å²) in [6.45, 7) is 1.74. The Bertz CT molecular complexity index is 643. The van der Waals surface area contributed by atoms with E-state index < -0.39 is 5.54 Å². The first kappa shape index (κ1) is 14.1. The molecule has 0 radical (unpaired) electrons. The summed E-state index contributed by atoms with van der Waals surface area (Å²) < 4.78 is 10.2. The van der Waals surface area contributed by atoms with Crippen LogP contribution < -0.4 is 5.32 Å². The number of aryl methyl sites for hydroxylation is 1. The summed E-state index contributed by atoms with van der Waals surface area (Å²) in [5, 5.41) is 7.21. The number of aromatic nitrogens is 2. The van der Waals surface area contributed by atoms with Crippen molar-refractivity contribution in [2.24, 2.45) is 0 Å². The van der Waals surface area contributed by atoms with Crippen LogP contribution in [0.5, 0.6) is 0 Å². The summed E-state index contributed by atoms with van der Waals surface area (Å²) in [5.41, 5.74) is -0.591. The van der Waals surface area contributed by atoms with Crippen LogP contribution in [0.3, 0.4) is 0 Å². The van der Waals surface area contributed by atoms with Gasteiger partial charge < -0.3 is 14.3 Å². The third-order valence-electron chi connectivity index (χ3n) is 3.81. The molecule has 21 heavy (non-hydrogen) atoms. The largest absolute Gasteiger partial charge is 0.440 e. The van der Waals surface area contributed by atoms with Gasteiger partial charge in [0, 0.05) is 6.92 Å². The van der Waals surface area contributed by atoms with Crippen molar-refractivity contribution in [3.05, 3.63) is 34.8 Å². The Morgan fingerprint density at radius 3 is 2.67 bits per heavy atom. The van der Waals surface area contributed by atoms with E-state index in [4.69, 9.17) is 20.5 Å². The van der Waals surface area contributed by atoms with Gasteiger partial charge in [0.15, 0.2) is 16.8 Å². The Kier molecular flexibility index (Phi) is 3.71. The zero-order valence-corrected chi connectivity index (χ0v) is 12.4. The van der Waals surface area contributed by atoms with Crippen molar-refractivity contribution in [3.8, 4) is 0 Å². The maximum atomic E-state index is 12.4. The quantitative estimate of drug-likeness (QED) is 0.941. The van der Waals surface area contributed by atoms with Gasteiger partial charge in [0.2, 0.25) is 5.89 Å². The van der Waals surface area contributed by atoms with Gasteiger partial charge in [-0.25, -0.2) is 0 Å². The average Bonchev–Trinajstić information content (AvgIpc) is 3.09. The summed E-state index contributed by atoms with van der Waals surface area (Å²) in [6.07, 6.45) is 4.72. The van der Waals surface area contributed by atoms with E-state index in [0.717, 1.165) is 32.1 Å². The van der Waals surface area contributed by atoms with E-state index in [9.17, 15) is 4.79 Å². The first-order chi connectivity index (χ1) is 10.1. The van der Waals surface area contributed by atoms with Crippen molar-refractivity contribution >= 4 is 17.5 Å². The van der Waals surface area contributed by atoms with Crippen LogP contribution in [0.2, 0.25) is 5.22 Å². The molecule has 112 valence electrons. The number of furan rings is 1. The molecule has 0 aliphatic heterocycles. The number of nitrogens with zero attached hydrogens (tertiary/aromatic N) is 2. The highest BCUT2D eigenvalue weighted by molar-refractivity contribution is 6.29. The molecule has 2 aromatic rings. The molecule has 1 aliphatic carbocycles. The van der Waals surface area contributed by atoms with Gasteiger partial charge in [-0.2, -0.15) is 4.98 Å². The van der Waals surface area contributed by atoms with Crippen molar-refractivity contribution in [2.75, 3.05) is 0 Å². The summed E-state index contributed by atoms with van der Waals surface area (Å²) in [7, 11) is 0. The minimum atomic E-state index is -0.591. The first-order valence-electron chi connectivity index (χ1n) is 6.98. The third-order valence-corrected chi connectivity index (χ3v) is 4.02. The highest BCUT2D eigenvalue weighted by atomic mass is 35.5. The molecule has 0 bridgehead atoms. The minimum Gasteiger partial charge on any atom is -0.440 e. The number of hydrogen-bond donors (Lipinski definition) is 1. The van der Waals surface area contributed by atoms with Crippen LogP contribution in [-0.2, 0) is 5.54 Å². The smallest absolute Gasteiger partial charge is 0.287 e. The van der Waals surface area contributed by atoms with Crippen molar-refractivity contribution in [1.82, 2.24) is 15.5 Å². The van der Waals surface area contributed by atoms with E-state index in [1.165, 1.54) is 0 Å². The van der Waals surface area contributed by atoms with Crippen LogP contribution in [0.4, 0.5) is 0 Å². The molecule has 1 saturated carbocycles. The second-order valence-corrected chi connectivity index (χ2v) is 5.71. The van der Waals surface area contributed by atoms with Crippen molar-refractivity contribution in [1.29, 1.82) is 0 Å². The van der Waals surface area contributed by atoms with Crippen LogP contribution in [0.1, 0.15) is 54.4 Å². The Hall–Kier alpha value is -1.82. The number of carbonyl (C=O) groups excluding carboxylic acids is 1. The normalized spacial score (nSPS) is 17.6. The molecular weight excluding hydrogens is 294 g/mol. The molecule has 1 N–H and O–H groups in total. The van der Waals surface area contributed by atoms with Gasteiger partial charge in [-0.3, -0.25) is 4.79 Å². The Labute approximate surface area is 126 Å². The fraction of sp³-hybridized carbons (Fsp3) is 0.500. The minimum absolute atomic E-state index is 0.185. The van der Waals surface area contributed by atoms with E-state index >= 15 is 0 Å². The molecule has 3 rings (SSSR count). The lowest BCUT2D eigenvalue weighted by molar-refractivity contribution is 0.0826. The SMILES string of the molecule is Cc1nc(C2(NC(=O)c3ccc(Cl)o3)CCCCC2)no1. The molecule has 0 spiro atoms. The van der Waals surface area contributed by atoms with Crippen LogP contribution in [0.15, 0.2) is 21.1 Å². The van der Waals surface area contributed by atoms with E-state index in [-0.39, 0.29) is 16.9 Å². The molecule has 1 amide bonds. The molecule has 0 aromatic carbocycles. The molecular formula is C14H16ClN3O3. The molecule has 2 heterocycles. The van der Waals surface area contributed by atoms with Crippen LogP contribution >= 0.6 is 11.6 Å². The number of hydrogen-bond acceptors (Lipinski definition) is 5. The fourth-order valence-corrected chi connectivity index (χ4v) is 2.91. The number of nitrogens with one attached hydrogen (secondary N) is 1. The first-order valence-corrected chi connectivity index (χ1v) is 7.35. The molecule has 0 atom stereocenters. The second kappa shape index (κ2) is 5.52. The standard InChI is InChI=1S/C14H16ClN3O3/c1-9-16-13(18-21-9)14(7-3-2-4-8-14)17-12(19)10-5-6-11(15)20-10/h5-6H,2-4,7-8H2,1H3,(H,17,19). The lowest BCUT2D eigenvalue weighted by Gasteiger charge is -2.34. The van der Waals surface area contributed by atoms with Crippen LogP contribution in [0.25, 0.3) is 0 Å². The molecule has 7 heteroatoms. The Balaban J connectivity index is 1.87. The topological polar surface area (TPSA) is 81.2 Å². The Morgan fingerprint density at radius 1 is 1.33 bits per heavy atom. The molecule has 6 nitrogen and oxygen atoms in total. The lowest BCUT2D eigenvalue weighted by atomic mass is 9.81. The number of halogens is 1. The summed E-state index contributed by atoms with van der Waals surface area (Å²) in [5.74, 6) is 0.896. The van der Waals surface area contributed by atoms with Gasteiger partial charge in [-0.1, -0.05) is 24.4 Å². The summed E-state index contributed by atoms with van der Waals surface area (Å²) in [6, 6.07) is 3.10. The number of rotatable bonds is 3. The maximum Gasteiger partial charge on any atom is 0.287 e. The number of amides is 1. The van der Waals surface area contributed by atoms with Gasteiger partial charge in [0.25, 0.3) is 5.91 Å². The van der Waals surface area contributed by atoms with E-state index in [1.54, 1.807) is 19.1 Å². The molecule has 2 aromatic heterocycles. The van der Waals surface area contributed by atoms with E-state index in [2.05, 4.69) is 15.5 Å². The predicted molar refractivity (Wildman–Crippen MR) is 75.0 cm³/mol. The van der Waals surface area contributed by atoms with E-state index in [0.29, 0.717) is 11.7 Å². The van der Waals surface area contributed by atoms with Gasteiger partial charge in [0.05, 0.1) is 0 Å². The van der Waals surface area contributed by atoms with Gasteiger partial charge in [-0.15, -0.1) is 0 Å². The zero-order chi connectivity index (χ0) is 14.9. The highest BCUT2D eigenvalue weighted by Gasteiger charge is 2.40. The average molecular weight is 310 g/mol. The summed E-state index contributed by atoms with van der Waals surface area (Å²) >= 11 is 5.72. The second-order valence-electron chi connectivity index (χ2n) is 5.34. The zero-order valence-electron chi connectivity index (χ0n) is 11.7. The van der Waals surface area contributed by atoms with E-state index in [1.807, 2.05) is 0 Å². The number of carbonyl (C=O) groups is 1. The Morgan fingerprint density at radius 2 is 2.10 bits per heavy atom. The highest BCUT2D eigenvalue weighted by Crippen LogP contribution is 2.36. The monoisotopic (exact) mass is 309 g/mol. The van der Waals surface area contributed by atoms with Crippen molar-refractivity contribution < 1.29 is 13.7 Å². The molecule has 0 unspecified atom stereocenters. The fourth-order valence-electron chi connectivity index (χ4n) is 2.77. The third kappa shape index (κ3) is 2.81. The molecule has 1 aliphatic rings. The van der Waals surface area contributed by atoms with Crippen molar-refractivity contribution in [2.45, 2.75) is 44.6 Å². The van der Waals surface area contributed by atoms with Gasteiger partial charge >= 0.3 is 0 Å². The van der Waals surface area contributed by atoms with Gasteiger partial charge in [-0.05, 0) is 36.6 Å². The van der Waals surface area contributed by atoms with Gasteiger partial charge in [0.1, 0.15) is 5.54 Å². The van der Waals surface area contributed by atoms with Crippen molar-refractivity contribution in [3.63, 3.8) is 0 Å². The van der Waals surface area contributed by atoms with Crippen LogP contribution in [-0.4, -0.2) is 16.0 Å². The molecule has 0 saturated heterocycles. The summed E-state index contributed by atoms with van der Waals surface area (Å²) in [4.78, 5) is 16.7. The van der Waals surface area contributed by atoms with Crippen LogP contribution in [0, 0.1) is 6.92 Å². The molecule has 1 fully saturated rings. The lowest BCUT2D eigenvalue weighted by Crippen LogP contribution is -2.48. The maximum absolute atomic E-state index is 12.4. The predicted octanol–water partition coefficient (Wildman–Crippen LogP) is 3.21.